The number of nitrogens with one attached hydrogen (secondary N) is 1. The second-order valence-electron chi connectivity index (χ2n) is 6.42. The summed E-state index contributed by atoms with van der Waals surface area (Å²) in [6.07, 6.45) is 3.18. The van der Waals surface area contributed by atoms with Crippen molar-refractivity contribution in [3.63, 3.8) is 0 Å². The first kappa shape index (κ1) is 20.5. The topological polar surface area (TPSA) is 125 Å². The Kier molecular flexibility index (Phi) is 5.65. The third-order valence-electron chi connectivity index (χ3n) is 4.36. The van der Waals surface area contributed by atoms with Gasteiger partial charge >= 0.3 is 0 Å². The van der Waals surface area contributed by atoms with Gasteiger partial charge in [0.2, 0.25) is 0 Å². The van der Waals surface area contributed by atoms with Crippen LogP contribution in [0.4, 0.5) is 0 Å². The zero-order valence-electron chi connectivity index (χ0n) is 15.9. The molecule has 0 unspecified atom stereocenters. The number of benzene rings is 1. The fraction of sp³-hybridized carbons (Fsp3) is 0.0500. The maximum Gasteiger partial charge on any atom is 0.261 e. The zero-order valence-corrected chi connectivity index (χ0v) is 17.4. The normalized spacial score (nSPS) is 10.7. The van der Waals surface area contributed by atoms with E-state index in [0.717, 1.165) is 0 Å². The van der Waals surface area contributed by atoms with Gasteiger partial charge in [-0.3, -0.25) is 19.0 Å². The molecule has 0 aliphatic carbocycles. The van der Waals surface area contributed by atoms with Crippen LogP contribution in [0.15, 0.2) is 65.7 Å². The number of nitrogens with zero attached hydrogens (tertiary/aromatic N) is 4. The fourth-order valence-electron chi connectivity index (χ4n) is 2.90. The van der Waals surface area contributed by atoms with Crippen LogP contribution in [0.2, 0.25) is 4.34 Å². The Balaban J connectivity index is 1.58. The lowest BCUT2D eigenvalue weighted by atomic mass is 10.1. The minimum atomic E-state index is -0.680. The van der Waals surface area contributed by atoms with Gasteiger partial charge in [0.1, 0.15) is 5.69 Å². The Bertz CT molecular complexity index is 1340. The first-order chi connectivity index (χ1) is 14.9. The average molecular weight is 455 g/mol. The number of hydrogen-bond acceptors (Lipinski definition) is 6. The molecule has 9 nitrogen and oxygen atoms in total. The number of aromatic nitrogens is 4. The van der Waals surface area contributed by atoms with Crippen LogP contribution in [-0.2, 0) is 6.54 Å². The summed E-state index contributed by atoms with van der Waals surface area (Å²) in [5, 5.41) is 10.8. The van der Waals surface area contributed by atoms with Crippen LogP contribution < -0.4 is 16.6 Å². The Morgan fingerprint density at radius 1 is 1.16 bits per heavy atom. The van der Waals surface area contributed by atoms with Gasteiger partial charge in [0.15, 0.2) is 0 Å². The standard InChI is InChI=1S/C20H15ClN6O3S/c21-17-7-6-16(31-17)20(30)23-10-12-11-27(25-24-12)15-5-4-13(9-14(15)19(22)29)26-8-2-1-3-18(26)28/h1-9,11H,10H2,(H2,22,29)(H,23,30). The predicted octanol–water partition coefficient (Wildman–Crippen LogP) is 2.16. The van der Waals surface area contributed by atoms with Crippen LogP contribution in [0.1, 0.15) is 25.7 Å². The summed E-state index contributed by atoms with van der Waals surface area (Å²) in [6, 6.07) is 12.9. The molecule has 0 bridgehead atoms. The second kappa shape index (κ2) is 8.54. The molecule has 0 saturated heterocycles. The molecule has 1 aromatic carbocycles. The largest absolute Gasteiger partial charge is 0.366 e. The van der Waals surface area contributed by atoms with Gasteiger partial charge in [0.25, 0.3) is 17.4 Å². The maximum atomic E-state index is 12.1. The van der Waals surface area contributed by atoms with Crippen LogP contribution in [0.5, 0.6) is 0 Å². The molecular formula is C20H15ClN6O3S. The number of thiophene rings is 1. The third kappa shape index (κ3) is 4.39. The van der Waals surface area contributed by atoms with Gasteiger partial charge in [-0.2, -0.15) is 0 Å². The molecule has 0 radical (unpaired) electrons. The van der Waals surface area contributed by atoms with Crippen LogP contribution >= 0.6 is 22.9 Å². The van der Waals surface area contributed by atoms with Gasteiger partial charge in [0.05, 0.1) is 33.2 Å². The number of rotatable bonds is 6. The molecular weight excluding hydrogens is 440 g/mol. The van der Waals surface area contributed by atoms with Crippen LogP contribution in [0.3, 0.4) is 0 Å². The Morgan fingerprint density at radius 2 is 2.00 bits per heavy atom. The minimum absolute atomic E-state index is 0.137. The van der Waals surface area contributed by atoms with E-state index in [9.17, 15) is 14.4 Å². The third-order valence-corrected chi connectivity index (χ3v) is 5.59. The van der Waals surface area contributed by atoms with Gasteiger partial charge in [0, 0.05) is 18.0 Å². The number of nitrogens with two attached hydrogens (primary N) is 1. The van der Waals surface area contributed by atoms with Crippen molar-refractivity contribution in [3.8, 4) is 11.4 Å². The van der Waals surface area contributed by atoms with E-state index < -0.39 is 5.91 Å². The summed E-state index contributed by atoms with van der Waals surface area (Å²) in [4.78, 5) is 36.8. The fourth-order valence-corrected chi connectivity index (χ4v) is 3.86. The Hall–Kier alpha value is -3.76. The van der Waals surface area contributed by atoms with Crippen molar-refractivity contribution in [3.05, 3.63) is 91.7 Å². The minimum Gasteiger partial charge on any atom is -0.366 e. The van der Waals surface area contributed by atoms with Crippen LogP contribution in [0, 0.1) is 0 Å². The Morgan fingerprint density at radius 3 is 2.71 bits per heavy atom. The van der Waals surface area contributed by atoms with E-state index in [1.165, 1.54) is 32.7 Å². The van der Waals surface area contributed by atoms with E-state index in [0.29, 0.717) is 26.3 Å². The van der Waals surface area contributed by atoms with Crippen molar-refractivity contribution in [1.82, 2.24) is 24.9 Å². The first-order valence-electron chi connectivity index (χ1n) is 8.99. The number of carbonyl (C=O) groups excluding carboxylic acids is 2. The van der Waals surface area contributed by atoms with E-state index in [1.54, 1.807) is 48.8 Å². The van der Waals surface area contributed by atoms with E-state index in [-0.39, 0.29) is 23.6 Å². The highest BCUT2D eigenvalue weighted by molar-refractivity contribution is 7.17. The van der Waals surface area contributed by atoms with E-state index in [2.05, 4.69) is 15.6 Å². The molecule has 0 fully saturated rings. The van der Waals surface area contributed by atoms with Crippen LogP contribution in [-0.4, -0.2) is 31.4 Å². The summed E-state index contributed by atoms with van der Waals surface area (Å²) < 4.78 is 3.31. The quantitative estimate of drug-likeness (QED) is 0.462. The van der Waals surface area contributed by atoms with Gasteiger partial charge in [-0.25, -0.2) is 4.68 Å². The Labute approximate surface area is 184 Å². The lowest BCUT2D eigenvalue weighted by molar-refractivity contribution is 0.0953. The summed E-state index contributed by atoms with van der Waals surface area (Å²) in [5.74, 6) is -0.956. The van der Waals surface area contributed by atoms with Gasteiger partial charge in [-0.05, 0) is 36.4 Å². The SMILES string of the molecule is NC(=O)c1cc(-n2ccccc2=O)ccc1-n1cc(CNC(=O)c2ccc(Cl)s2)nn1. The summed E-state index contributed by atoms with van der Waals surface area (Å²) in [5.41, 5.74) is 6.85. The number of halogens is 1. The molecule has 0 aliphatic heterocycles. The highest BCUT2D eigenvalue weighted by Crippen LogP contribution is 2.21. The first-order valence-corrected chi connectivity index (χ1v) is 10.2. The zero-order chi connectivity index (χ0) is 22.0. The highest BCUT2D eigenvalue weighted by atomic mass is 35.5. The second-order valence-corrected chi connectivity index (χ2v) is 8.13. The summed E-state index contributed by atoms with van der Waals surface area (Å²) in [6.45, 7) is 0.137. The van der Waals surface area contributed by atoms with Crippen molar-refractivity contribution in [2.75, 3.05) is 0 Å². The number of amides is 2. The molecule has 3 N–H and O–H groups in total. The molecule has 4 aromatic rings. The number of carbonyl (C=O) groups is 2. The van der Waals surface area contributed by atoms with E-state index >= 15 is 0 Å². The van der Waals surface area contributed by atoms with E-state index in [1.807, 2.05) is 0 Å². The maximum absolute atomic E-state index is 12.1. The molecule has 11 heteroatoms. The summed E-state index contributed by atoms with van der Waals surface area (Å²) in [7, 11) is 0. The molecule has 3 heterocycles. The average Bonchev–Trinajstić information content (AvgIpc) is 3.41. The molecule has 0 atom stereocenters. The molecule has 3 aromatic heterocycles. The van der Waals surface area contributed by atoms with Crippen molar-refractivity contribution < 1.29 is 9.59 Å². The summed E-state index contributed by atoms with van der Waals surface area (Å²) >= 11 is 7.02. The van der Waals surface area contributed by atoms with Crippen molar-refractivity contribution >= 4 is 34.8 Å². The molecule has 0 aliphatic rings. The lowest BCUT2D eigenvalue weighted by Crippen LogP contribution is -2.22. The smallest absolute Gasteiger partial charge is 0.261 e. The number of pyridine rings is 1. The predicted molar refractivity (Wildman–Crippen MR) is 116 cm³/mol. The molecule has 4 rings (SSSR count). The molecule has 0 spiro atoms. The highest BCUT2D eigenvalue weighted by Gasteiger charge is 2.15. The molecule has 31 heavy (non-hydrogen) atoms. The molecule has 2 amide bonds. The molecule has 156 valence electrons. The van der Waals surface area contributed by atoms with Crippen molar-refractivity contribution in [1.29, 1.82) is 0 Å². The van der Waals surface area contributed by atoms with Gasteiger partial charge in [-0.15, -0.1) is 16.4 Å². The number of hydrogen-bond donors (Lipinski definition) is 2. The van der Waals surface area contributed by atoms with E-state index in [4.69, 9.17) is 17.3 Å². The number of primary amides is 1. The monoisotopic (exact) mass is 454 g/mol. The van der Waals surface area contributed by atoms with Gasteiger partial charge in [-0.1, -0.05) is 22.9 Å². The van der Waals surface area contributed by atoms with Crippen LogP contribution in [0.25, 0.3) is 11.4 Å². The molecule has 0 saturated carbocycles. The lowest BCUT2D eigenvalue weighted by Gasteiger charge is -2.10. The van der Waals surface area contributed by atoms with Crippen molar-refractivity contribution in [2.45, 2.75) is 6.54 Å². The van der Waals surface area contributed by atoms with Gasteiger partial charge < -0.3 is 11.1 Å². The van der Waals surface area contributed by atoms with Crippen molar-refractivity contribution in [2.24, 2.45) is 5.73 Å².